The van der Waals surface area contributed by atoms with E-state index >= 15 is 0 Å². The van der Waals surface area contributed by atoms with Gasteiger partial charge < -0.3 is 14.6 Å². The van der Waals surface area contributed by atoms with Crippen LogP contribution in [0.1, 0.15) is 22.3 Å². The number of aromatic nitrogens is 1. The number of hydrogen-bond acceptors (Lipinski definition) is 3. The average Bonchev–Trinajstić information content (AvgIpc) is 3.33. The van der Waals surface area contributed by atoms with Gasteiger partial charge in [0.05, 0.1) is 0 Å². The van der Waals surface area contributed by atoms with Crippen LogP contribution in [0.4, 0.5) is 4.39 Å². The summed E-state index contributed by atoms with van der Waals surface area (Å²) in [6.07, 6.45) is 4.88. The zero-order valence-corrected chi connectivity index (χ0v) is 21.9. The second-order valence-electron chi connectivity index (χ2n) is 9.50. The summed E-state index contributed by atoms with van der Waals surface area (Å²) in [5.74, 6) is -1.49. The van der Waals surface area contributed by atoms with E-state index in [-0.39, 0.29) is 18.6 Å². The molecule has 200 valence electrons. The summed E-state index contributed by atoms with van der Waals surface area (Å²) >= 11 is 0. The molecule has 0 saturated heterocycles. The summed E-state index contributed by atoms with van der Waals surface area (Å²) in [7, 11) is 0. The summed E-state index contributed by atoms with van der Waals surface area (Å²) in [4.78, 5) is 26.2. The van der Waals surface area contributed by atoms with Crippen molar-refractivity contribution in [1.82, 2.24) is 9.88 Å². The SMILES string of the molecule is O=C(C=Cc1ccccc1F)N[C@@H](Cc1cn(Cc2ccccc2)c2ccccc12)C(=O)OCc1ccccc1. The molecule has 0 saturated carbocycles. The summed E-state index contributed by atoms with van der Waals surface area (Å²) in [6.45, 7) is 0.759. The Hall–Kier alpha value is -4.97. The maximum atomic E-state index is 14.0. The molecule has 0 radical (unpaired) electrons. The molecule has 0 aliphatic carbocycles. The second kappa shape index (κ2) is 12.7. The van der Waals surface area contributed by atoms with Gasteiger partial charge in [0.15, 0.2) is 0 Å². The number of rotatable bonds is 10. The molecule has 5 aromatic rings. The number of carbonyl (C=O) groups excluding carboxylic acids is 2. The quantitative estimate of drug-likeness (QED) is 0.169. The minimum Gasteiger partial charge on any atom is -0.459 e. The van der Waals surface area contributed by atoms with E-state index < -0.39 is 23.7 Å². The Balaban J connectivity index is 1.39. The molecule has 6 heteroatoms. The summed E-state index contributed by atoms with van der Waals surface area (Å²) < 4.78 is 21.8. The topological polar surface area (TPSA) is 60.3 Å². The number of esters is 1. The third-order valence-corrected chi connectivity index (χ3v) is 6.64. The lowest BCUT2D eigenvalue weighted by atomic mass is 10.0. The highest BCUT2D eigenvalue weighted by atomic mass is 19.1. The first kappa shape index (κ1) is 26.6. The largest absolute Gasteiger partial charge is 0.459 e. The highest BCUT2D eigenvalue weighted by Gasteiger charge is 2.24. The predicted octanol–water partition coefficient (Wildman–Crippen LogP) is 6.31. The molecule has 1 atom stereocenters. The molecular formula is C34H29FN2O3. The highest BCUT2D eigenvalue weighted by molar-refractivity contribution is 5.95. The van der Waals surface area contributed by atoms with Gasteiger partial charge in [-0.3, -0.25) is 4.79 Å². The van der Waals surface area contributed by atoms with Crippen LogP contribution in [0.5, 0.6) is 0 Å². The fourth-order valence-electron chi connectivity index (χ4n) is 4.63. The molecule has 0 unspecified atom stereocenters. The number of nitrogens with zero attached hydrogens (tertiary/aromatic N) is 1. The minimum atomic E-state index is -0.947. The van der Waals surface area contributed by atoms with Crippen LogP contribution in [0.25, 0.3) is 17.0 Å². The van der Waals surface area contributed by atoms with E-state index in [1.165, 1.54) is 18.2 Å². The van der Waals surface area contributed by atoms with E-state index in [1.807, 2.05) is 79.0 Å². The lowest BCUT2D eigenvalue weighted by Crippen LogP contribution is -2.42. The Labute approximate surface area is 232 Å². The van der Waals surface area contributed by atoms with Crippen molar-refractivity contribution in [2.75, 3.05) is 0 Å². The number of amides is 1. The zero-order chi connectivity index (χ0) is 27.7. The third kappa shape index (κ3) is 6.72. The van der Waals surface area contributed by atoms with Gasteiger partial charge in [0.2, 0.25) is 5.91 Å². The Kier molecular flexibility index (Phi) is 8.47. The maximum absolute atomic E-state index is 14.0. The third-order valence-electron chi connectivity index (χ3n) is 6.64. The predicted molar refractivity (Wildman–Crippen MR) is 155 cm³/mol. The van der Waals surface area contributed by atoms with Crippen molar-refractivity contribution in [3.05, 3.63) is 150 Å². The van der Waals surface area contributed by atoms with Crippen LogP contribution in [0, 0.1) is 5.82 Å². The smallest absolute Gasteiger partial charge is 0.329 e. The molecule has 0 spiro atoms. The van der Waals surface area contributed by atoms with Gasteiger partial charge in [-0.15, -0.1) is 0 Å². The standard InChI is InChI=1S/C34H29FN2O3/c35-30-17-9-7-15-27(30)19-20-33(38)36-31(34(39)40-24-26-13-5-2-6-14-26)21-28-23-37(22-25-11-3-1-4-12-25)32-18-10-8-16-29(28)32/h1-20,23,31H,21-22,24H2,(H,36,38)/t31-/m0/s1. The zero-order valence-electron chi connectivity index (χ0n) is 21.9. The minimum absolute atomic E-state index is 0.0902. The number of carbonyl (C=O) groups is 2. The van der Waals surface area contributed by atoms with Crippen molar-refractivity contribution in [3.63, 3.8) is 0 Å². The van der Waals surface area contributed by atoms with E-state index in [2.05, 4.69) is 22.0 Å². The Bertz CT molecular complexity index is 1630. The molecule has 1 heterocycles. The molecule has 1 aromatic heterocycles. The molecule has 40 heavy (non-hydrogen) atoms. The number of para-hydroxylation sites is 1. The maximum Gasteiger partial charge on any atom is 0.329 e. The van der Waals surface area contributed by atoms with Crippen LogP contribution in [-0.4, -0.2) is 22.5 Å². The van der Waals surface area contributed by atoms with E-state index in [9.17, 15) is 14.0 Å². The van der Waals surface area contributed by atoms with Crippen molar-refractivity contribution >= 4 is 28.9 Å². The van der Waals surface area contributed by atoms with Gasteiger partial charge in [0.1, 0.15) is 18.5 Å². The summed E-state index contributed by atoms with van der Waals surface area (Å²) in [5, 5.41) is 3.78. The Morgan fingerprint density at radius 2 is 1.48 bits per heavy atom. The summed E-state index contributed by atoms with van der Waals surface area (Å²) in [6, 6.07) is 32.7. The van der Waals surface area contributed by atoms with Gasteiger partial charge in [0, 0.05) is 41.7 Å². The van der Waals surface area contributed by atoms with Crippen molar-refractivity contribution < 1.29 is 18.7 Å². The van der Waals surface area contributed by atoms with Gasteiger partial charge in [-0.1, -0.05) is 97.1 Å². The first-order valence-electron chi connectivity index (χ1n) is 13.1. The molecule has 0 aliphatic heterocycles. The van der Waals surface area contributed by atoms with Crippen LogP contribution in [-0.2, 0) is 33.9 Å². The van der Waals surface area contributed by atoms with Crippen LogP contribution in [0.15, 0.2) is 121 Å². The molecule has 0 aliphatic rings. The molecule has 4 aromatic carbocycles. The first-order chi connectivity index (χ1) is 19.6. The molecule has 1 N–H and O–H groups in total. The van der Waals surface area contributed by atoms with Crippen LogP contribution >= 0.6 is 0 Å². The normalized spacial score (nSPS) is 11.9. The van der Waals surface area contributed by atoms with Gasteiger partial charge in [0.25, 0.3) is 0 Å². The van der Waals surface area contributed by atoms with Crippen molar-refractivity contribution in [2.24, 2.45) is 0 Å². The van der Waals surface area contributed by atoms with E-state index in [4.69, 9.17) is 4.74 Å². The van der Waals surface area contributed by atoms with Gasteiger partial charge in [-0.25, -0.2) is 9.18 Å². The summed E-state index contributed by atoms with van der Waals surface area (Å²) in [5.41, 5.74) is 4.22. The van der Waals surface area contributed by atoms with Crippen LogP contribution in [0.3, 0.4) is 0 Å². The molecule has 0 fully saturated rings. The average molecular weight is 533 g/mol. The molecular weight excluding hydrogens is 503 g/mol. The number of halogens is 1. The Morgan fingerprint density at radius 1 is 0.825 bits per heavy atom. The van der Waals surface area contributed by atoms with Crippen molar-refractivity contribution in [3.8, 4) is 0 Å². The highest BCUT2D eigenvalue weighted by Crippen LogP contribution is 2.24. The lowest BCUT2D eigenvalue weighted by molar-refractivity contribution is -0.148. The fourth-order valence-corrected chi connectivity index (χ4v) is 4.63. The number of benzene rings is 4. The van der Waals surface area contributed by atoms with Crippen molar-refractivity contribution in [2.45, 2.75) is 25.6 Å². The molecule has 0 bridgehead atoms. The second-order valence-corrected chi connectivity index (χ2v) is 9.50. The molecule has 1 amide bonds. The first-order valence-corrected chi connectivity index (χ1v) is 13.1. The van der Waals surface area contributed by atoms with Gasteiger partial charge in [-0.2, -0.15) is 0 Å². The fraction of sp³-hybridized carbons (Fsp3) is 0.118. The number of ether oxygens (including phenoxy) is 1. The van der Waals surface area contributed by atoms with Gasteiger partial charge >= 0.3 is 5.97 Å². The number of hydrogen-bond donors (Lipinski definition) is 1. The Morgan fingerprint density at radius 3 is 2.23 bits per heavy atom. The van der Waals surface area contributed by atoms with Crippen LogP contribution < -0.4 is 5.32 Å². The van der Waals surface area contributed by atoms with Gasteiger partial charge in [-0.05, 0) is 34.9 Å². The number of fused-ring (bicyclic) bond motifs is 1. The molecule has 5 rings (SSSR count). The van der Waals surface area contributed by atoms with E-state index in [0.29, 0.717) is 6.54 Å². The van der Waals surface area contributed by atoms with Crippen molar-refractivity contribution in [1.29, 1.82) is 0 Å². The van der Waals surface area contributed by atoms with E-state index in [0.717, 1.165) is 27.6 Å². The lowest BCUT2D eigenvalue weighted by Gasteiger charge is -2.17. The van der Waals surface area contributed by atoms with E-state index in [1.54, 1.807) is 18.2 Å². The number of nitrogens with one attached hydrogen (secondary N) is 1. The molecule has 5 nitrogen and oxygen atoms in total. The monoisotopic (exact) mass is 532 g/mol. The van der Waals surface area contributed by atoms with Crippen LogP contribution in [0.2, 0.25) is 0 Å².